The number of carbonyl (C=O) groups excluding carboxylic acids is 1. The standard InChI is InChI=1S/C3H7NO2.H2/c1-2-6-3(4)5;/h2H2,1H3,(H2,4,5);1H. The Balaban J connectivity index is 0. The van der Waals surface area contributed by atoms with E-state index in [1.54, 1.807) is 6.92 Å². The lowest BCUT2D eigenvalue weighted by Gasteiger charge is -1.89. The molecule has 2 N–H and O–H groups in total. The summed E-state index contributed by atoms with van der Waals surface area (Å²) < 4.78 is 4.18. The van der Waals surface area contributed by atoms with Crippen molar-refractivity contribution in [2.24, 2.45) is 5.73 Å². The molecule has 0 fully saturated rings. The quantitative estimate of drug-likeness (QED) is 0.506. The van der Waals surface area contributed by atoms with Crippen molar-refractivity contribution in [3.63, 3.8) is 0 Å². The fourth-order valence-electron chi connectivity index (χ4n) is 0.142. The minimum absolute atomic E-state index is 0. The van der Waals surface area contributed by atoms with Crippen LogP contribution in [0.3, 0.4) is 0 Å². The topological polar surface area (TPSA) is 52.3 Å². The number of primary amides is 1. The number of hydrogen-bond donors (Lipinski definition) is 1. The first-order chi connectivity index (χ1) is 2.77. The molecule has 0 aromatic carbocycles. The van der Waals surface area contributed by atoms with Gasteiger partial charge in [-0.3, -0.25) is 0 Å². The normalized spacial score (nSPS) is 7.50. The van der Waals surface area contributed by atoms with Crippen LogP contribution in [-0.4, -0.2) is 12.7 Å². The number of carbonyl (C=O) groups is 1. The average Bonchev–Trinajstić information content (AvgIpc) is 1.35. The van der Waals surface area contributed by atoms with Crippen molar-refractivity contribution in [1.82, 2.24) is 0 Å². The highest BCUT2D eigenvalue weighted by Crippen LogP contribution is 1.66. The van der Waals surface area contributed by atoms with Crippen LogP contribution in [-0.2, 0) is 4.74 Å². The lowest BCUT2D eigenvalue weighted by molar-refractivity contribution is 0.163. The van der Waals surface area contributed by atoms with E-state index in [9.17, 15) is 4.79 Å². The Labute approximate surface area is 37.6 Å². The molecule has 38 valence electrons. The Morgan fingerprint density at radius 1 is 2.17 bits per heavy atom. The predicted octanol–water partition coefficient (Wildman–Crippen LogP) is 0.348. The van der Waals surface area contributed by atoms with Gasteiger partial charge in [0.25, 0.3) is 0 Å². The van der Waals surface area contributed by atoms with Crippen LogP contribution in [0.25, 0.3) is 0 Å². The van der Waals surface area contributed by atoms with Gasteiger partial charge >= 0.3 is 6.09 Å². The molecular formula is C3H9NO2. The molecule has 0 heterocycles. The predicted molar refractivity (Wildman–Crippen MR) is 23.3 cm³/mol. The SMILES string of the molecule is CCOC(N)=O.[HH]. The van der Waals surface area contributed by atoms with E-state index in [1.165, 1.54) is 0 Å². The third kappa shape index (κ3) is 3.27. The van der Waals surface area contributed by atoms with E-state index >= 15 is 0 Å². The molecule has 0 aromatic heterocycles. The highest BCUT2D eigenvalue weighted by Gasteiger charge is 1.82. The average molecular weight is 91.1 g/mol. The smallest absolute Gasteiger partial charge is 0.404 e. The first-order valence-electron chi connectivity index (χ1n) is 1.69. The third-order valence-corrected chi connectivity index (χ3v) is 0.287. The highest BCUT2D eigenvalue weighted by atomic mass is 16.5. The molecule has 1 amide bonds. The maximum absolute atomic E-state index is 9.60. The Bertz CT molecular complexity index is 56.9. The third-order valence-electron chi connectivity index (χ3n) is 0.287. The maximum Gasteiger partial charge on any atom is 0.404 e. The van der Waals surface area contributed by atoms with Crippen molar-refractivity contribution in [2.75, 3.05) is 6.61 Å². The van der Waals surface area contributed by atoms with Crippen LogP contribution in [0.2, 0.25) is 0 Å². The molecular weight excluding hydrogens is 82.0 g/mol. The van der Waals surface area contributed by atoms with E-state index in [0.29, 0.717) is 6.61 Å². The second kappa shape index (κ2) is 2.50. The van der Waals surface area contributed by atoms with E-state index in [4.69, 9.17) is 0 Å². The van der Waals surface area contributed by atoms with Crippen molar-refractivity contribution in [3.8, 4) is 0 Å². The Kier molecular flexibility index (Phi) is 2.20. The molecule has 0 bridgehead atoms. The number of ether oxygens (including phenoxy) is 1. The van der Waals surface area contributed by atoms with E-state index < -0.39 is 6.09 Å². The monoisotopic (exact) mass is 91.1 g/mol. The van der Waals surface area contributed by atoms with Crippen molar-refractivity contribution in [3.05, 3.63) is 0 Å². The first-order valence-corrected chi connectivity index (χ1v) is 1.69. The minimum Gasteiger partial charge on any atom is -0.450 e. The first kappa shape index (κ1) is 5.27. The second-order valence-electron chi connectivity index (χ2n) is 0.752. The molecule has 0 spiro atoms. The molecule has 0 aliphatic carbocycles. The number of amides is 1. The van der Waals surface area contributed by atoms with Gasteiger partial charge in [-0.05, 0) is 6.92 Å². The van der Waals surface area contributed by atoms with Gasteiger partial charge in [-0.15, -0.1) is 0 Å². The highest BCUT2D eigenvalue weighted by molar-refractivity contribution is 5.64. The fraction of sp³-hybridized carbons (Fsp3) is 0.667. The largest absolute Gasteiger partial charge is 0.450 e. The van der Waals surface area contributed by atoms with Crippen molar-refractivity contribution in [2.45, 2.75) is 6.92 Å². The van der Waals surface area contributed by atoms with Crippen LogP contribution in [0, 0.1) is 0 Å². The van der Waals surface area contributed by atoms with Crippen LogP contribution < -0.4 is 5.73 Å². The van der Waals surface area contributed by atoms with Crippen molar-refractivity contribution < 1.29 is 11.0 Å². The molecule has 0 unspecified atom stereocenters. The molecule has 0 rings (SSSR count). The molecule has 6 heavy (non-hydrogen) atoms. The van der Waals surface area contributed by atoms with Gasteiger partial charge in [0.05, 0.1) is 6.61 Å². The van der Waals surface area contributed by atoms with Gasteiger partial charge in [-0.2, -0.15) is 0 Å². The van der Waals surface area contributed by atoms with Gasteiger partial charge in [0.2, 0.25) is 0 Å². The van der Waals surface area contributed by atoms with Gasteiger partial charge in [0.15, 0.2) is 0 Å². The Morgan fingerprint density at radius 3 is 2.67 bits per heavy atom. The van der Waals surface area contributed by atoms with Gasteiger partial charge in [-0.1, -0.05) is 0 Å². The number of rotatable bonds is 1. The molecule has 0 atom stereocenters. The molecule has 0 saturated heterocycles. The van der Waals surface area contributed by atoms with Gasteiger partial charge in [0.1, 0.15) is 0 Å². The summed E-state index contributed by atoms with van der Waals surface area (Å²) >= 11 is 0. The second-order valence-corrected chi connectivity index (χ2v) is 0.752. The van der Waals surface area contributed by atoms with Crippen LogP contribution in [0.4, 0.5) is 4.79 Å². The summed E-state index contributed by atoms with van der Waals surface area (Å²) in [6.45, 7) is 2.06. The van der Waals surface area contributed by atoms with Gasteiger partial charge < -0.3 is 10.5 Å². The van der Waals surface area contributed by atoms with Gasteiger partial charge in [-0.25, -0.2) is 4.79 Å². The zero-order valence-electron chi connectivity index (χ0n) is 3.60. The van der Waals surface area contributed by atoms with Crippen LogP contribution in [0.5, 0.6) is 0 Å². The van der Waals surface area contributed by atoms with E-state index in [1.807, 2.05) is 0 Å². The lowest BCUT2D eigenvalue weighted by atomic mass is 10.9. The molecule has 3 nitrogen and oxygen atoms in total. The van der Waals surface area contributed by atoms with Crippen LogP contribution in [0.1, 0.15) is 8.35 Å². The summed E-state index contributed by atoms with van der Waals surface area (Å²) in [6, 6.07) is 0. The Hall–Kier alpha value is -0.730. The Morgan fingerprint density at radius 2 is 2.67 bits per heavy atom. The van der Waals surface area contributed by atoms with Crippen LogP contribution >= 0.6 is 0 Å². The molecule has 0 radical (unpaired) electrons. The van der Waals surface area contributed by atoms with Crippen molar-refractivity contribution >= 4 is 6.09 Å². The summed E-state index contributed by atoms with van der Waals surface area (Å²) in [6.07, 6.45) is -0.711. The van der Waals surface area contributed by atoms with Crippen LogP contribution in [0.15, 0.2) is 0 Å². The maximum atomic E-state index is 9.60. The summed E-state index contributed by atoms with van der Waals surface area (Å²) in [5.41, 5.74) is 4.54. The van der Waals surface area contributed by atoms with Crippen molar-refractivity contribution in [1.29, 1.82) is 0 Å². The summed E-state index contributed by atoms with van der Waals surface area (Å²) in [4.78, 5) is 9.60. The van der Waals surface area contributed by atoms with E-state index in [2.05, 4.69) is 10.5 Å². The molecule has 0 saturated carbocycles. The summed E-state index contributed by atoms with van der Waals surface area (Å²) in [5.74, 6) is 0. The lowest BCUT2D eigenvalue weighted by Crippen LogP contribution is -2.11. The van der Waals surface area contributed by atoms with E-state index in [0.717, 1.165) is 0 Å². The molecule has 0 aromatic rings. The zero-order chi connectivity index (χ0) is 4.99. The zero-order valence-corrected chi connectivity index (χ0v) is 3.60. The number of nitrogens with two attached hydrogens (primary N) is 1. The van der Waals surface area contributed by atoms with E-state index in [-0.39, 0.29) is 1.43 Å². The molecule has 0 aliphatic rings. The molecule has 3 heteroatoms. The summed E-state index contributed by atoms with van der Waals surface area (Å²) in [5, 5.41) is 0. The minimum atomic E-state index is -0.711. The summed E-state index contributed by atoms with van der Waals surface area (Å²) in [7, 11) is 0. The fourth-order valence-corrected chi connectivity index (χ4v) is 0.142. The molecule has 0 aliphatic heterocycles. The number of hydrogen-bond acceptors (Lipinski definition) is 2. The van der Waals surface area contributed by atoms with Gasteiger partial charge in [0, 0.05) is 1.43 Å².